The van der Waals surface area contributed by atoms with E-state index in [1.807, 2.05) is 24.3 Å². The summed E-state index contributed by atoms with van der Waals surface area (Å²) in [6, 6.07) is 12.4. The zero-order chi connectivity index (χ0) is 18.2. The number of carbonyl (C=O) groups excluding carboxylic acids is 2. The van der Waals surface area contributed by atoms with Gasteiger partial charge in [-0.3, -0.25) is 9.59 Å². The van der Waals surface area contributed by atoms with Crippen molar-refractivity contribution in [1.82, 2.24) is 0 Å². The molecule has 1 heterocycles. The number of thioether (sulfide) groups is 1. The fourth-order valence-electron chi connectivity index (χ4n) is 2.68. The Morgan fingerprint density at radius 2 is 2.00 bits per heavy atom. The van der Waals surface area contributed by atoms with Gasteiger partial charge in [-0.15, -0.1) is 0 Å². The molecule has 1 aliphatic heterocycles. The third-order valence-electron chi connectivity index (χ3n) is 4.10. The van der Waals surface area contributed by atoms with Crippen molar-refractivity contribution in [3.63, 3.8) is 0 Å². The molecule has 1 atom stereocenters. The van der Waals surface area contributed by atoms with E-state index in [2.05, 4.69) is 5.32 Å². The molecule has 25 heavy (non-hydrogen) atoms. The van der Waals surface area contributed by atoms with Crippen LogP contribution < -0.4 is 15.0 Å². The number of rotatable bonds is 3. The van der Waals surface area contributed by atoms with Gasteiger partial charge in [0.1, 0.15) is 5.75 Å². The van der Waals surface area contributed by atoms with Crippen molar-refractivity contribution in [2.24, 2.45) is 0 Å². The summed E-state index contributed by atoms with van der Waals surface area (Å²) >= 11 is 7.25. The van der Waals surface area contributed by atoms with E-state index in [0.717, 1.165) is 10.6 Å². The number of ether oxygens (including phenoxy) is 1. The third kappa shape index (κ3) is 3.07. The fourth-order valence-corrected chi connectivity index (χ4v) is 4.11. The zero-order valence-corrected chi connectivity index (χ0v) is 15.6. The number of hydrogen-bond acceptors (Lipinski definition) is 4. The lowest BCUT2D eigenvalue weighted by Gasteiger charge is -2.37. The van der Waals surface area contributed by atoms with Crippen LogP contribution in [-0.2, 0) is 9.59 Å². The fraction of sp³-hybridized carbons (Fsp3) is 0.222. The largest absolute Gasteiger partial charge is 0.495 e. The first-order valence-corrected chi connectivity index (χ1v) is 8.77. The summed E-state index contributed by atoms with van der Waals surface area (Å²) in [5.74, 6) is -0.234. The van der Waals surface area contributed by atoms with Crippen LogP contribution >= 0.6 is 23.4 Å². The van der Waals surface area contributed by atoms with Crippen LogP contribution in [0, 0.1) is 0 Å². The SMILES string of the molecule is COc1ccc(Cl)cc1NC(=O)C1(C)Sc2ccccc2N(C)C1=O. The van der Waals surface area contributed by atoms with Gasteiger partial charge in [0.05, 0.1) is 18.5 Å². The summed E-state index contributed by atoms with van der Waals surface area (Å²) in [6.45, 7) is 1.62. The van der Waals surface area contributed by atoms with E-state index in [0.29, 0.717) is 16.5 Å². The second-order valence-corrected chi connectivity index (χ2v) is 7.66. The van der Waals surface area contributed by atoms with Crippen LogP contribution in [0.2, 0.25) is 5.02 Å². The maximum atomic E-state index is 13.0. The summed E-state index contributed by atoms with van der Waals surface area (Å²) in [5, 5.41) is 3.24. The number of nitrogens with one attached hydrogen (secondary N) is 1. The van der Waals surface area contributed by atoms with Gasteiger partial charge in [-0.05, 0) is 37.3 Å². The number of methoxy groups -OCH3 is 1. The molecule has 0 aromatic heterocycles. The summed E-state index contributed by atoms with van der Waals surface area (Å²) in [6.07, 6.45) is 0. The van der Waals surface area contributed by atoms with Gasteiger partial charge in [-0.25, -0.2) is 0 Å². The van der Waals surface area contributed by atoms with Gasteiger partial charge in [0.15, 0.2) is 4.75 Å². The van der Waals surface area contributed by atoms with Gasteiger partial charge in [-0.2, -0.15) is 0 Å². The van der Waals surface area contributed by atoms with E-state index in [-0.39, 0.29) is 5.91 Å². The van der Waals surface area contributed by atoms with E-state index in [1.54, 1.807) is 32.2 Å². The normalized spacial score (nSPS) is 19.4. The Kier molecular flexibility index (Phi) is 4.67. The molecule has 130 valence electrons. The van der Waals surface area contributed by atoms with E-state index < -0.39 is 10.7 Å². The number of fused-ring (bicyclic) bond motifs is 1. The molecule has 2 aromatic carbocycles. The van der Waals surface area contributed by atoms with Gasteiger partial charge < -0.3 is 15.0 Å². The molecular weight excluding hydrogens is 360 g/mol. The van der Waals surface area contributed by atoms with Crippen molar-refractivity contribution in [1.29, 1.82) is 0 Å². The molecule has 0 radical (unpaired) electrons. The van der Waals surface area contributed by atoms with Crippen LogP contribution in [-0.4, -0.2) is 30.7 Å². The molecule has 0 saturated carbocycles. The number of carbonyl (C=O) groups is 2. The van der Waals surface area contributed by atoms with Crippen molar-refractivity contribution in [3.05, 3.63) is 47.5 Å². The average molecular weight is 377 g/mol. The Bertz CT molecular complexity index is 858. The Morgan fingerprint density at radius 1 is 1.28 bits per heavy atom. The highest BCUT2D eigenvalue weighted by molar-refractivity contribution is 8.02. The second kappa shape index (κ2) is 6.61. The number of amides is 2. The quantitative estimate of drug-likeness (QED) is 0.827. The summed E-state index contributed by atoms with van der Waals surface area (Å²) < 4.78 is 3.95. The van der Waals surface area contributed by atoms with Crippen molar-refractivity contribution in [2.75, 3.05) is 24.4 Å². The van der Waals surface area contributed by atoms with Gasteiger partial charge >= 0.3 is 0 Å². The van der Waals surface area contributed by atoms with Crippen LogP contribution in [0.15, 0.2) is 47.4 Å². The molecule has 0 bridgehead atoms. The van der Waals surface area contributed by atoms with Crippen molar-refractivity contribution >= 4 is 46.6 Å². The van der Waals surface area contributed by atoms with Crippen LogP contribution in [0.3, 0.4) is 0 Å². The molecule has 1 N–H and O–H groups in total. The molecule has 5 nitrogen and oxygen atoms in total. The highest BCUT2D eigenvalue weighted by Crippen LogP contribution is 2.45. The van der Waals surface area contributed by atoms with Gasteiger partial charge in [0.2, 0.25) is 5.91 Å². The van der Waals surface area contributed by atoms with E-state index >= 15 is 0 Å². The minimum Gasteiger partial charge on any atom is -0.495 e. The average Bonchev–Trinajstić information content (AvgIpc) is 2.60. The minimum absolute atomic E-state index is 0.283. The van der Waals surface area contributed by atoms with Crippen molar-refractivity contribution in [3.8, 4) is 5.75 Å². The van der Waals surface area contributed by atoms with Crippen molar-refractivity contribution in [2.45, 2.75) is 16.6 Å². The zero-order valence-electron chi connectivity index (χ0n) is 14.0. The minimum atomic E-state index is -1.30. The number of nitrogens with zero attached hydrogens (tertiary/aromatic N) is 1. The van der Waals surface area contributed by atoms with Crippen LogP contribution in [0.1, 0.15) is 6.92 Å². The van der Waals surface area contributed by atoms with E-state index in [1.165, 1.54) is 23.8 Å². The molecule has 0 saturated heterocycles. The third-order valence-corrected chi connectivity index (χ3v) is 5.66. The lowest BCUT2D eigenvalue weighted by molar-refractivity contribution is -0.128. The monoisotopic (exact) mass is 376 g/mol. The Hall–Kier alpha value is -2.18. The molecule has 0 spiro atoms. The molecule has 1 unspecified atom stereocenters. The van der Waals surface area contributed by atoms with E-state index in [9.17, 15) is 9.59 Å². The highest BCUT2D eigenvalue weighted by atomic mass is 35.5. The van der Waals surface area contributed by atoms with Gasteiger partial charge in [-0.1, -0.05) is 35.5 Å². The number of anilines is 2. The molecule has 0 fully saturated rings. The first-order valence-electron chi connectivity index (χ1n) is 7.58. The molecule has 2 aromatic rings. The molecule has 7 heteroatoms. The Morgan fingerprint density at radius 3 is 2.72 bits per heavy atom. The van der Waals surface area contributed by atoms with Gasteiger partial charge in [0.25, 0.3) is 5.91 Å². The Labute approximate surface area is 155 Å². The summed E-state index contributed by atoms with van der Waals surface area (Å²) in [7, 11) is 3.18. The first kappa shape index (κ1) is 17.6. The molecule has 2 amide bonds. The predicted molar refractivity (Wildman–Crippen MR) is 101 cm³/mol. The van der Waals surface area contributed by atoms with Crippen LogP contribution in [0.4, 0.5) is 11.4 Å². The molecule has 0 aliphatic carbocycles. The number of halogens is 1. The molecule has 1 aliphatic rings. The van der Waals surface area contributed by atoms with Crippen LogP contribution in [0.25, 0.3) is 0 Å². The highest BCUT2D eigenvalue weighted by Gasteiger charge is 2.48. The number of hydrogen-bond donors (Lipinski definition) is 1. The number of benzene rings is 2. The maximum Gasteiger partial charge on any atom is 0.252 e. The van der Waals surface area contributed by atoms with Crippen LogP contribution in [0.5, 0.6) is 5.75 Å². The Balaban J connectivity index is 1.94. The van der Waals surface area contributed by atoms with Crippen molar-refractivity contribution < 1.29 is 14.3 Å². The number of para-hydroxylation sites is 1. The second-order valence-electron chi connectivity index (χ2n) is 5.77. The van der Waals surface area contributed by atoms with E-state index in [4.69, 9.17) is 16.3 Å². The lowest BCUT2D eigenvalue weighted by atomic mass is 10.1. The summed E-state index contributed by atoms with van der Waals surface area (Å²) in [5.41, 5.74) is 1.22. The topological polar surface area (TPSA) is 58.6 Å². The first-order chi connectivity index (χ1) is 11.9. The van der Waals surface area contributed by atoms with Gasteiger partial charge in [0, 0.05) is 17.0 Å². The summed E-state index contributed by atoms with van der Waals surface area (Å²) in [4.78, 5) is 28.2. The smallest absolute Gasteiger partial charge is 0.252 e. The maximum absolute atomic E-state index is 13.0. The molecule has 3 rings (SSSR count). The standard InChI is InChI=1S/C18H17ClN2O3S/c1-18(16(22)20-12-10-11(19)8-9-14(12)24-3)17(23)21(2)13-6-4-5-7-15(13)25-18/h4-10H,1-3H3,(H,20,22). The molecular formula is C18H17ClN2O3S. The lowest BCUT2D eigenvalue weighted by Crippen LogP contribution is -2.53. The predicted octanol–water partition coefficient (Wildman–Crippen LogP) is 3.81.